The number of alkyl carbamates (subject to hydrolysis) is 2. The van der Waals surface area contributed by atoms with Crippen LogP contribution in [0.1, 0.15) is 11.1 Å². The Hall–Kier alpha value is -3.12. The molecule has 0 aliphatic rings. The maximum absolute atomic E-state index is 11.5. The van der Waals surface area contributed by atoms with Crippen LogP contribution in [0, 0.1) is 0 Å². The number of ether oxygens (including phenoxy) is 6. The molecule has 2 rings (SSSR count). The van der Waals surface area contributed by atoms with E-state index >= 15 is 0 Å². The van der Waals surface area contributed by atoms with Gasteiger partial charge in [0.05, 0.1) is 42.7 Å². The fraction of sp³-hybridized carbons (Fsp3) is 0.417. The molecular formula is C24H32N2O8S2. The summed E-state index contributed by atoms with van der Waals surface area (Å²) in [5, 5.41) is 5.39. The van der Waals surface area contributed by atoms with Crippen LogP contribution in [0.15, 0.2) is 34.1 Å². The van der Waals surface area contributed by atoms with E-state index in [1.54, 1.807) is 28.4 Å². The fourth-order valence-electron chi connectivity index (χ4n) is 3.18. The number of amides is 2. The lowest BCUT2D eigenvalue weighted by molar-refractivity contribution is 0.170. The first-order valence-electron chi connectivity index (χ1n) is 10.9. The van der Waals surface area contributed by atoms with Gasteiger partial charge in [-0.2, -0.15) is 0 Å². The minimum absolute atomic E-state index is 0.390. The predicted molar refractivity (Wildman–Crippen MR) is 139 cm³/mol. The van der Waals surface area contributed by atoms with Gasteiger partial charge >= 0.3 is 12.2 Å². The van der Waals surface area contributed by atoms with Crippen molar-refractivity contribution in [1.82, 2.24) is 10.6 Å². The molecular weight excluding hydrogens is 508 g/mol. The van der Waals surface area contributed by atoms with E-state index in [0.717, 1.165) is 20.9 Å². The second-order valence-electron chi connectivity index (χ2n) is 7.13. The van der Waals surface area contributed by atoms with E-state index in [0.29, 0.717) is 48.9 Å². The number of hydrogen-bond acceptors (Lipinski definition) is 10. The van der Waals surface area contributed by atoms with Crippen molar-refractivity contribution < 1.29 is 38.0 Å². The topological polar surface area (TPSA) is 114 Å². The molecule has 0 aromatic heterocycles. The summed E-state index contributed by atoms with van der Waals surface area (Å²) >= 11 is 0. The van der Waals surface area contributed by atoms with E-state index in [1.807, 2.05) is 24.3 Å². The fourth-order valence-corrected chi connectivity index (χ4v) is 5.68. The predicted octanol–water partition coefficient (Wildman–Crippen LogP) is 4.32. The quantitative estimate of drug-likeness (QED) is 0.356. The molecule has 0 spiro atoms. The smallest absolute Gasteiger partial charge is 0.406 e. The average molecular weight is 541 g/mol. The summed E-state index contributed by atoms with van der Waals surface area (Å²) in [5.41, 5.74) is 1.94. The van der Waals surface area contributed by atoms with E-state index in [-0.39, 0.29) is 0 Å². The second kappa shape index (κ2) is 15.1. The minimum atomic E-state index is -0.491. The van der Waals surface area contributed by atoms with Crippen molar-refractivity contribution >= 4 is 33.8 Å². The zero-order valence-electron chi connectivity index (χ0n) is 21.2. The Morgan fingerprint density at radius 2 is 0.944 bits per heavy atom. The van der Waals surface area contributed by atoms with E-state index in [9.17, 15) is 9.59 Å². The van der Waals surface area contributed by atoms with Gasteiger partial charge in [0.1, 0.15) is 0 Å². The highest BCUT2D eigenvalue weighted by molar-refractivity contribution is 8.76. The van der Waals surface area contributed by atoms with E-state index < -0.39 is 12.2 Å². The first-order chi connectivity index (χ1) is 17.4. The summed E-state index contributed by atoms with van der Waals surface area (Å²) in [6.07, 6.45) is 0.129. The van der Waals surface area contributed by atoms with Gasteiger partial charge in [0.15, 0.2) is 23.0 Å². The first-order valence-corrected chi connectivity index (χ1v) is 13.0. The van der Waals surface area contributed by atoms with Crippen molar-refractivity contribution in [3.8, 4) is 23.0 Å². The van der Waals surface area contributed by atoms with Crippen LogP contribution in [0.3, 0.4) is 0 Å². The molecule has 0 radical (unpaired) electrons. The first kappa shape index (κ1) is 29.1. The minimum Gasteiger partial charge on any atom is -0.493 e. The third-order valence-electron chi connectivity index (χ3n) is 5.05. The lowest BCUT2D eigenvalue weighted by Crippen LogP contribution is -2.25. The molecule has 36 heavy (non-hydrogen) atoms. The van der Waals surface area contributed by atoms with Crippen molar-refractivity contribution in [2.24, 2.45) is 0 Å². The highest BCUT2D eigenvalue weighted by Crippen LogP contribution is 2.46. The number of methoxy groups -OCH3 is 6. The summed E-state index contributed by atoms with van der Waals surface area (Å²) in [4.78, 5) is 24.8. The number of carbonyl (C=O) groups excluding carboxylic acids is 2. The molecule has 2 aromatic rings. The van der Waals surface area contributed by atoms with Crippen molar-refractivity contribution in [1.29, 1.82) is 0 Å². The number of benzene rings is 2. The molecule has 0 heterocycles. The van der Waals surface area contributed by atoms with Crippen molar-refractivity contribution in [3.63, 3.8) is 0 Å². The molecule has 12 heteroatoms. The van der Waals surface area contributed by atoms with Gasteiger partial charge in [-0.1, -0.05) is 21.6 Å². The number of nitrogens with one attached hydrogen (secondary N) is 2. The Morgan fingerprint density at radius 1 is 0.611 bits per heavy atom. The molecule has 198 valence electrons. The molecule has 10 nitrogen and oxygen atoms in total. The summed E-state index contributed by atoms with van der Waals surface area (Å²) in [5.74, 6) is 2.39. The lowest BCUT2D eigenvalue weighted by Gasteiger charge is -2.17. The molecule has 0 atom stereocenters. The molecule has 2 aromatic carbocycles. The Morgan fingerprint density at radius 3 is 1.25 bits per heavy atom. The van der Waals surface area contributed by atoms with E-state index in [2.05, 4.69) is 20.1 Å². The van der Waals surface area contributed by atoms with Crippen LogP contribution in [0.2, 0.25) is 0 Å². The Labute approximate surface area is 219 Å². The second-order valence-corrected chi connectivity index (χ2v) is 9.35. The van der Waals surface area contributed by atoms with Gasteiger partial charge in [-0.15, -0.1) is 0 Å². The maximum atomic E-state index is 11.5. The maximum Gasteiger partial charge on any atom is 0.406 e. The molecule has 0 saturated carbocycles. The van der Waals surface area contributed by atoms with Gasteiger partial charge in [-0.05, 0) is 48.2 Å². The number of carbonyl (C=O) groups is 2. The summed E-state index contributed by atoms with van der Waals surface area (Å²) in [6, 6.07) is 7.61. The summed E-state index contributed by atoms with van der Waals surface area (Å²) in [6.45, 7) is 0.780. The van der Waals surface area contributed by atoms with Crippen LogP contribution in [0.25, 0.3) is 0 Å². The van der Waals surface area contributed by atoms with Gasteiger partial charge in [-0.3, -0.25) is 0 Å². The van der Waals surface area contributed by atoms with Gasteiger partial charge < -0.3 is 39.1 Å². The van der Waals surface area contributed by atoms with Crippen molar-refractivity contribution in [2.75, 3.05) is 55.7 Å². The van der Waals surface area contributed by atoms with Gasteiger partial charge in [0.2, 0.25) is 0 Å². The Bertz CT molecular complexity index is 954. The SMILES string of the molecule is COC(=O)NCCc1cc(OC)c(OC)cc1SSc1cc(OC)c(OC)cc1CCNC(=O)OC. The standard InChI is InChI=1S/C24H32N2O8S2/c1-29-17-11-15(7-9-25-23(27)33-5)21(13-19(17)31-3)35-36-22-14-20(32-4)18(30-2)12-16(22)8-10-26-24(28)34-6/h11-14H,7-10H2,1-6H3,(H,25,27)(H,26,28). The Kier molecular flexibility index (Phi) is 12.2. The molecule has 2 amide bonds. The average Bonchev–Trinajstić information content (AvgIpc) is 2.91. The van der Waals surface area contributed by atoms with Crippen LogP contribution in [-0.2, 0) is 22.3 Å². The monoisotopic (exact) mass is 540 g/mol. The van der Waals surface area contributed by atoms with Crippen LogP contribution in [0.4, 0.5) is 9.59 Å². The molecule has 0 aliphatic heterocycles. The number of rotatable bonds is 13. The van der Waals surface area contributed by atoms with Gasteiger partial charge in [-0.25, -0.2) is 9.59 Å². The highest BCUT2D eigenvalue weighted by atomic mass is 33.1. The summed E-state index contributed by atoms with van der Waals surface area (Å²) in [7, 11) is 12.0. The largest absolute Gasteiger partial charge is 0.493 e. The molecule has 2 N–H and O–H groups in total. The molecule has 0 fully saturated rings. The van der Waals surface area contributed by atoms with Crippen LogP contribution >= 0.6 is 21.6 Å². The van der Waals surface area contributed by atoms with Crippen molar-refractivity contribution in [2.45, 2.75) is 22.6 Å². The number of hydrogen-bond donors (Lipinski definition) is 2. The van der Waals surface area contributed by atoms with Gasteiger partial charge in [0, 0.05) is 22.9 Å². The zero-order chi connectivity index (χ0) is 26.5. The summed E-state index contributed by atoms with van der Waals surface area (Å²) < 4.78 is 31.2. The van der Waals surface area contributed by atoms with Crippen molar-refractivity contribution in [3.05, 3.63) is 35.4 Å². The van der Waals surface area contributed by atoms with Crippen LogP contribution in [0.5, 0.6) is 23.0 Å². The highest BCUT2D eigenvalue weighted by Gasteiger charge is 2.16. The van der Waals surface area contributed by atoms with Crippen LogP contribution in [-0.4, -0.2) is 67.9 Å². The van der Waals surface area contributed by atoms with E-state index in [1.165, 1.54) is 35.8 Å². The zero-order valence-corrected chi connectivity index (χ0v) is 22.9. The third-order valence-corrected chi connectivity index (χ3v) is 7.58. The van der Waals surface area contributed by atoms with Gasteiger partial charge in [0.25, 0.3) is 0 Å². The molecule has 0 bridgehead atoms. The Balaban J connectivity index is 2.32. The normalized spacial score (nSPS) is 10.3. The van der Waals surface area contributed by atoms with Crippen LogP contribution < -0.4 is 29.6 Å². The molecule has 0 saturated heterocycles. The molecule has 0 unspecified atom stereocenters. The lowest BCUT2D eigenvalue weighted by atomic mass is 10.1. The third kappa shape index (κ3) is 8.23. The molecule has 0 aliphatic carbocycles. The van der Waals surface area contributed by atoms with E-state index in [4.69, 9.17) is 18.9 Å².